The third-order valence-corrected chi connectivity index (χ3v) is 7.32. The molecule has 3 N–H and O–H groups in total. The van der Waals surface area contributed by atoms with Crippen molar-refractivity contribution in [3.63, 3.8) is 0 Å². The summed E-state index contributed by atoms with van der Waals surface area (Å²) in [6.45, 7) is 1.18. The highest BCUT2D eigenvalue weighted by Crippen LogP contribution is 2.50. The highest BCUT2D eigenvalue weighted by Gasteiger charge is 2.45. The lowest BCUT2D eigenvalue weighted by atomic mass is 10.0. The Hall–Kier alpha value is -3.90. The number of hydrogen-bond acceptors (Lipinski definition) is 7. The molecule has 1 aromatic carbocycles. The Morgan fingerprint density at radius 1 is 1.31 bits per heavy atom. The molecular weight excluding hydrogens is 464 g/mol. The summed E-state index contributed by atoms with van der Waals surface area (Å²) in [5.41, 5.74) is 9.40. The lowest BCUT2D eigenvalue weighted by molar-refractivity contribution is -0.138. The van der Waals surface area contributed by atoms with Gasteiger partial charge in [-0.1, -0.05) is 24.3 Å². The number of nitriles is 1. The van der Waals surface area contributed by atoms with Crippen molar-refractivity contribution in [2.45, 2.75) is 31.7 Å². The van der Waals surface area contributed by atoms with Gasteiger partial charge in [0.15, 0.2) is 0 Å². The second kappa shape index (κ2) is 10.6. The maximum Gasteiger partial charge on any atom is 0.307 e. The van der Waals surface area contributed by atoms with E-state index in [-0.39, 0.29) is 17.7 Å². The van der Waals surface area contributed by atoms with Crippen LogP contribution in [0.5, 0.6) is 5.75 Å². The molecule has 2 atom stereocenters. The largest absolute Gasteiger partial charge is 0.496 e. The van der Waals surface area contributed by atoms with E-state index >= 15 is 0 Å². The molecule has 8 nitrogen and oxygen atoms in total. The Morgan fingerprint density at radius 3 is 2.77 bits per heavy atom. The molecule has 0 saturated heterocycles. The number of aromatic nitrogens is 1. The van der Waals surface area contributed by atoms with Crippen LogP contribution in [0.2, 0.25) is 0 Å². The normalized spacial score (nSPS) is 17.9. The van der Waals surface area contributed by atoms with Gasteiger partial charge in [-0.25, -0.2) is 0 Å². The number of carboxylic acid groups (broad SMARTS) is 1. The first-order chi connectivity index (χ1) is 16.9. The molecule has 9 heteroatoms. The second-order valence-corrected chi connectivity index (χ2v) is 9.62. The van der Waals surface area contributed by atoms with E-state index < -0.39 is 5.97 Å². The molecule has 180 valence electrons. The van der Waals surface area contributed by atoms with Crippen LogP contribution in [0.15, 0.2) is 48.8 Å². The number of nitrogen functional groups attached to an aromatic ring is 1. The minimum atomic E-state index is -0.707. The summed E-state index contributed by atoms with van der Waals surface area (Å²) in [6, 6.07) is 13.5. The predicted octanol–water partition coefficient (Wildman–Crippen LogP) is 3.61. The fraction of sp³-hybridized carbons (Fsp3) is 0.308. The zero-order valence-electron chi connectivity index (χ0n) is 19.3. The maximum atomic E-state index is 12.3. The van der Waals surface area contributed by atoms with Gasteiger partial charge in [-0.2, -0.15) is 5.26 Å². The summed E-state index contributed by atoms with van der Waals surface area (Å²) in [5.74, 6) is 0.0937. The third kappa shape index (κ3) is 5.44. The Labute approximate surface area is 207 Å². The quantitative estimate of drug-likeness (QED) is 0.559. The minimum Gasteiger partial charge on any atom is -0.496 e. The van der Waals surface area contributed by atoms with Crippen LogP contribution in [0.4, 0.5) is 5.00 Å². The van der Waals surface area contributed by atoms with Gasteiger partial charge in [-0.05, 0) is 41.7 Å². The van der Waals surface area contributed by atoms with Gasteiger partial charge < -0.3 is 20.5 Å². The third-order valence-electron chi connectivity index (χ3n) is 6.27. The van der Waals surface area contributed by atoms with Crippen LogP contribution < -0.4 is 10.5 Å². The first kappa shape index (κ1) is 24.2. The molecule has 35 heavy (non-hydrogen) atoms. The van der Waals surface area contributed by atoms with Crippen molar-refractivity contribution in [1.29, 1.82) is 5.26 Å². The molecule has 1 fully saturated rings. The molecule has 1 aliphatic heterocycles. The number of para-hydroxylation sites is 1. The van der Waals surface area contributed by atoms with Crippen LogP contribution in [0.1, 0.15) is 39.5 Å². The number of methoxy groups -OCH3 is 1. The molecule has 0 spiro atoms. The lowest BCUT2D eigenvalue weighted by Crippen LogP contribution is -2.36. The highest BCUT2D eigenvalue weighted by atomic mass is 32.1. The summed E-state index contributed by atoms with van der Waals surface area (Å²) in [4.78, 5) is 29.9. The first-order valence-electron chi connectivity index (χ1n) is 11.2. The van der Waals surface area contributed by atoms with E-state index in [9.17, 15) is 9.59 Å². The smallest absolute Gasteiger partial charge is 0.307 e. The van der Waals surface area contributed by atoms with Gasteiger partial charge in [-0.15, -0.1) is 11.3 Å². The summed E-state index contributed by atoms with van der Waals surface area (Å²) in [5, 5.41) is 18.5. The number of thiophene rings is 1. The molecule has 2 aromatic heterocycles. The van der Waals surface area contributed by atoms with Gasteiger partial charge in [0.05, 0.1) is 31.6 Å². The van der Waals surface area contributed by atoms with Gasteiger partial charge >= 0.3 is 5.97 Å². The van der Waals surface area contributed by atoms with Crippen LogP contribution in [-0.2, 0) is 29.0 Å². The van der Waals surface area contributed by atoms with Crippen molar-refractivity contribution >= 4 is 28.2 Å². The van der Waals surface area contributed by atoms with Crippen molar-refractivity contribution in [2.24, 2.45) is 5.92 Å². The van der Waals surface area contributed by atoms with Gasteiger partial charge in [0.1, 0.15) is 16.8 Å². The molecule has 0 radical (unpaired) electrons. The molecule has 0 bridgehead atoms. The molecule has 3 aromatic rings. The highest BCUT2D eigenvalue weighted by molar-refractivity contribution is 7.16. The minimum absolute atomic E-state index is 0.0825. The Bertz CT molecular complexity index is 1270. The average Bonchev–Trinajstić information content (AvgIpc) is 3.61. The van der Waals surface area contributed by atoms with Gasteiger partial charge in [0.25, 0.3) is 0 Å². The predicted molar refractivity (Wildman–Crippen MR) is 132 cm³/mol. The van der Waals surface area contributed by atoms with Gasteiger partial charge in [0, 0.05) is 29.7 Å². The molecule has 2 aliphatic rings. The number of aliphatic carboxylic acids is 1. The second-order valence-electron chi connectivity index (χ2n) is 8.49. The first-order valence-corrected chi connectivity index (χ1v) is 12.1. The fourth-order valence-corrected chi connectivity index (χ4v) is 5.42. The zero-order valence-corrected chi connectivity index (χ0v) is 20.1. The summed E-state index contributed by atoms with van der Waals surface area (Å²) in [7, 11) is 1.61. The Kier molecular flexibility index (Phi) is 7.32. The van der Waals surface area contributed by atoms with E-state index in [0.29, 0.717) is 36.5 Å². The number of fused-ring (bicyclic) bond motifs is 1. The monoisotopic (exact) mass is 490 g/mol. The number of carboxylic acids is 1. The summed E-state index contributed by atoms with van der Waals surface area (Å²) < 4.78 is 5.18. The van der Waals surface area contributed by atoms with Crippen LogP contribution in [0.25, 0.3) is 0 Å². The van der Waals surface area contributed by atoms with Crippen molar-refractivity contribution in [3.8, 4) is 11.8 Å². The maximum absolute atomic E-state index is 12.3. The number of carbonyl (C=O) groups is 2. The summed E-state index contributed by atoms with van der Waals surface area (Å²) in [6.07, 6.45) is 5.19. The molecule has 2 unspecified atom stereocenters. The molecule has 1 saturated carbocycles. The van der Waals surface area contributed by atoms with E-state index in [1.54, 1.807) is 19.5 Å². The van der Waals surface area contributed by atoms with Gasteiger partial charge in [0.2, 0.25) is 5.91 Å². The van der Waals surface area contributed by atoms with E-state index in [0.717, 1.165) is 33.7 Å². The van der Waals surface area contributed by atoms with E-state index in [1.807, 2.05) is 41.3 Å². The van der Waals surface area contributed by atoms with Crippen LogP contribution in [0.3, 0.4) is 0 Å². The number of carbonyl (C=O) groups excluding carboxylic acids is 1. The fourth-order valence-electron chi connectivity index (χ4n) is 4.33. The number of anilines is 1. The Morgan fingerprint density at radius 2 is 2.11 bits per heavy atom. The molecular formula is C26H26N4O4S. The van der Waals surface area contributed by atoms with Gasteiger partial charge in [-0.3, -0.25) is 14.6 Å². The topological polar surface area (TPSA) is 130 Å². The lowest BCUT2D eigenvalue weighted by Gasteiger charge is -2.27. The van der Waals surface area contributed by atoms with E-state index in [2.05, 4.69) is 11.1 Å². The number of pyridine rings is 1. The number of nitrogens with two attached hydrogens (primary N) is 1. The molecule has 3 heterocycles. The van der Waals surface area contributed by atoms with Crippen molar-refractivity contribution < 1.29 is 19.4 Å². The number of benzene rings is 1. The average molecular weight is 491 g/mol. The molecule has 1 amide bonds. The van der Waals surface area contributed by atoms with Crippen molar-refractivity contribution in [3.05, 3.63) is 75.9 Å². The summed E-state index contributed by atoms with van der Waals surface area (Å²) >= 11 is 1.42. The van der Waals surface area contributed by atoms with E-state index in [4.69, 9.17) is 20.8 Å². The van der Waals surface area contributed by atoms with E-state index in [1.165, 1.54) is 11.3 Å². The number of hydrogen-bond donors (Lipinski definition) is 2. The number of nitrogens with zero attached hydrogens (tertiary/aromatic N) is 3. The number of rotatable bonds is 5. The van der Waals surface area contributed by atoms with Crippen molar-refractivity contribution in [2.75, 3.05) is 19.4 Å². The number of ether oxygens (including phenoxy) is 1. The Balaban J connectivity index is 0.000000179. The molecule has 1 aliphatic carbocycles. The van der Waals surface area contributed by atoms with Crippen molar-refractivity contribution in [1.82, 2.24) is 9.88 Å². The number of amides is 1. The van der Waals surface area contributed by atoms with Crippen LogP contribution in [0, 0.1) is 17.2 Å². The SMILES string of the molecule is COc1ccccc1C1CC1C(=O)O.N#Cc1c(N)sc2c1CCN(C(=O)Cc1cccnc1)C2. The van der Waals surface area contributed by atoms with Crippen LogP contribution in [-0.4, -0.2) is 40.5 Å². The standard InChI is InChI=1S/C15H14N4OS.C11H12O3/c16-7-12-11-3-5-19(9-13(11)21-15(12)17)14(20)6-10-2-1-4-18-8-10;1-14-10-5-3-2-4-7(10)8-6-9(8)11(12)13/h1-2,4,8H,3,5-6,9,17H2;2-5,8-9H,6H2,1H3,(H,12,13). The molecule has 5 rings (SSSR count). The zero-order chi connectivity index (χ0) is 24.9. The van der Waals surface area contributed by atoms with Crippen LogP contribution >= 0.6 is 11.3 Å².